The Morgan fingerprint density at radius 3 is 2.14 bits per heavy atom. The van der Waals surface area contributed by atoms with E-state index >= 15 is 0 Å². The van der Waals surface area contributed by atoms with Gasteiger partial charge in [-0.1, -0.05) is 23.8 Å². The number of Topliss-reactive ketones (excluding diaryl/α,β-unsaturated/α-hetero) is 1. The van der Waals surface area contributed by atoms with Crippen molar-refractivity contribution in [3.63, 3.8) is 0 Å². The van der Waals surface area contributed by atoms with Crippen molar-refractivity contribution in [2.75, 3.05) is 4.90 Å². The zero-order chi connectivity index (χ0) is 32.0. The average Bonchev–Trinajstić information content (AvgIpc) is 3.20. The third-order valence-electron chi connectivity index (χ3n) is 8.72. The fourth-order valence-electron chi connectivity index (χ4n) is 6.82. The van der Waals surface area contributed by atoms with Gasteiger partial charge < -0.3 is 5.11 Å². The molecule has 13 heteroatoms. The Bertz CT molecular complexity index is 1750. The number of amides is 2. The lowest BCUT2D eigenvalue weighted by Gasteiger charge is -2.42. The highest BCUT2D eigenvalue weighted by Gasteiger charge is 2.57. The molecule has 228 valence electrons. The first-order valence-corrected chi connectivity index (χ1v) is 13.4. The van der Waals surface area contributed by atoms with Crippen LogP contribution in [0.2, 0.25) is 0 Å². The van der Waals surface area contributed by atoms with E-state index in [0.717, 1.165) is 12.1 Å². The molecule has 44 heavy (non-hydrogen) atoms. The zero-order valence-corrected chi connectivity index (χ0v) is 22.5. The largest absolute Gasteiger partial charge is 0.505 e. The summed E-state index contributed by atoms with van der Waals surface area (Å²) >= 11 is 0. The maximum Gasteiger partial charge on any atom is 0.416 e. The van der Waals surface area contributed by atoms with Crippen LogP contribution in [0, 0.1) is 23.6 Å². The predicted molar refractivity (Wildman–Crippen MR) is 138 cm³/mol. The number of benzene rings is 2. The van der Waals surface area contributed by atoms with E-state index in [1.807, 2.05) is 0 Å². The van der Waals surface area contributed by atoms with E-state index in [-0.39, 0.29) is 41.2 Å². The summed E-state index contributed by atoms with van der Waals surface area (Å²) < 4.78 is 96.0. The Labute approximate surface area is 244 Å². The number of allylic oxidation sites excluding steroid dienone is 6. The van der Waals surface area contributed by atoms with Crippen molar-refractivity contribution in [3.05, 3.63) is 93.4 Å². The number of para-hydroxylation sites is 1. The normalized spacial score (nSPS) is 25.5. The summed E-state index contributed by atoms with van der Waals surface area (Å²) in [6, 6.07) is 4.05. The predicted octanol–water partition coefficient (Wildman–Crippen LogP) is 6.20. The lowest BCUT2D eigenvalue weighted by atomic mass is 9.59. The summed E-state index contributed by atoms with van der Waals surface area (Å²) in [5, 5.41) is 10.6. The molecule has 1 heterocycles. The van der Waals surface area contributed by atoms with E-state index < -0.39 is 87.8 Å². The number of imide groups is 1. The number of carbonyl (C=O) groups is 4. The Morgan fingerprint density at radius 2 is 1.52 bits per heavy atom. The lowest BCUT2D eigenvalue weighted by Crippen LogP contribution is -2.39. The second kappa shape index (κ2) is 9.73. The van der Waals surface area contributed by atoms with Gasteiger partial charge in [-0.2, -0.15) is 26.3 Å². The summed E-state index contributed by atoms with van der Waals surface area (Å²) in [7, 11) is 0. The van der Waals surface area contributed by atoms with Crippen LogP contribution in [0.1, 0.15) is 42.4 Å². The number of fused-ring (bicyclic) bond motifs is 3. The van der Waals surface area contributed by atoms with Crippen LogP contribution in [0.25, 0.3) is 0 Å². The molecule has 0 bridgehead atoms. The first-order valence-electron chi connectivity index (χ1n) is 13.4. The van der Waals surface area contributed by atoms with Crippen molar-refractivity contribution in [1.29, 1.82) is 0 Å². The number of carbonyl (C=O) groups excluding carboxylic acids is 4. The molecule has 1 fully saturated rings. The average molecular weight is 619 g/mol. The molecule has 4 unspecified atom stereocenters. The number of aromatic hydroxyl groups is 1. The van der Waals surface area contributed by atoms with Gasteiger partial charge >= 0.3 is 12.4 Å². The second-order valence-electron chi connectivity index (χ2n) is 11.2. The second-order valence-corrected chi connectivity index (χ2v) is 11.2. The molecule has 0 saturated carbocycles. The molecule has 2 aromatic rings. The van der Waals surface area contributed by atoms with Crippen molar-refractivity contribution in [2.45, 2.75) is 38.0 Å². The van der Waals surface area contributed by atoms with Gasteiger partial charge in [0.1, 0.15) is 0 Å². The standard InChI is InChI=1S/C31H20F7NO5/c1-12-7-22(40)25-20(26(12)41)11-19-16(23(25)17-3-2-4-21(32)27(17)42)5-6-18-24(19)29(44)39(28(18)43)15-9-13(30(33,34)35)8-14(10-15)31(36,37)38/h2-5,7-10,18-19,23-24,42H,6,11H2,1H3. The third kappa shape index (κ3) is 4.39. The fourth-order valence-corrected chi connectivity index (χ4v) is 6.82. The van der Waals surface area contributed by atoms with Crippen LogP contribution in [-0.2, 0) is 31.5 Å². The van der Waals surface area contributed by atoms with Crippen LogP contribution < -0.4 is 4.90 Å². The third-order valence-corrected chi connectivity index (χ3v) is 8.72. The van der Waals surface area contributed by atoms with Crippen molar-refractivity contribution in [1.82, 2.24) is 0 Å². The van der Waals surface area contributed by atoms with Gasteiger partial charge in [0.05, 0.1) is 28.7 Å². The van der Waals surface area contributed by atoms with Crippen LogP contribution in [0.3, 0.4) is 0 Å². The fraction of sp³-hybridized carbons (Fsp3) is 0.290. The van der Waals surface area contributed by atoms with Gasteiger partial charge in [-0.3, -0.25) is 19.2 Å². The quantitative estimate of drug-likeness (QED) is 0.187. The van der Waals surface area contributed by atoms with Crippen LogP contribution in [0.5, 0.6) is 5.75 Å². The minimum atomic E-state index is -5.23. The van der Waals surface area contributed by atoms with Crippen molar-refractivity contribution < 1.29 is 55.0 Å². The van der Waals surface area contributed by atoms with Gasteiger partial charge in [-0.25, -0.2) is 9.29 Å². The number of halogens is 7. The summed E-state index contributed by atoms with van der Waals surface area (Å²) in [5.41, 5.74) is -4.08. The van der Waals surface area contributed by atoms with Crippen molar-refractivity contribution in [3.8, 4) is 5.75 Å². The van der Waals surface area contributed by atoms with Crippen LogP contribution >= 0.6 is 0 Å². The number of hydrogen-bond donors (Lipinski definition) is 1. The van der Waals surface area contributed by atoms with Gasteiger partial charge in [0.2, 0.25) is 11.8 Å². The Hall–Kier alpha value is -4.55. The molecular formula is C31H20F7NO5. The monoisotopic (exact) mass is 619 g/mol. The molecule has 6 rings (SSSR count). The maximum absolute atomic E-state index is 14.5. The molecule has 1 aliphatic heterocycles. The highest BCUT2D eigenvalue weighted by Crippen LogP contribution is 2.56. The summed E-state index contributed by atoms with van der Waals surface area (Å²) in [6.45, 7) is 1.39. The topological polar surface area (TPSA) is 91.8 Å². The number of phenols is 1. The van der Waals surface area contributed by atoms with Gasteiger partial charge in [0.25, 0.3) is 0 Å². The van der Waals surface area contributed by atoms with Crippen molar-refractivity contribution in [2.24, 2.45) is 17.8 Å². The number of phenolic OH excluding ortho intramolecular Hbond substituents is 1. The van der Waals surface area contributed by atoms with Gasteiger partial charge in [0, 0.05) is 28.2 Å². The van der Waals surface area contributed by atoms with E-state index in [1.54, 1.807) is 0 Å². The molecule has 3 aliphatic carbocycles. The molecule has 2 aromatic carbocycles. The smallest absolute Gasteiger partial charge is 0.416 e. The molecule has 2 amide bonds. The molecule has 1 N–H and O–H groups in total. The summed E-state index contributed by atoms with van der Waals surface area (Å²) in [5.74, 6) is -9.80. The van der Waals surface area contributed by atoms with Crippen LogP contribution in [0.4, 0.5) is 36.4 Å². The van der Waals surface area contributed by atoms with E-state index in [0.29, 0.717) is 22.6 Å². The Morgan fingerprint density at radius 1 is 0.886 bits per heavy atom. The number of ketones is 2. The molecule has 0 spiro atoms. The minimum Gasteiger partial charge on any atom is -0.505 e. The highest BCUT2D eigenvalue weighted by atomic mass is 19.4. The zero-order valence-electron chi connectivity index (χ0n) is 22.5. The number of alkyl halides is 6. The Kier molecular flexibility index (Phi) is 6.53. The van der Waals surface area contributed by atoms with E-state index in [2.05, 4.69) is 0 Å². The first kappa shape index (κ1) is 29.5. The van der Waals surface area contributed by atoms with Crippen LogP contribution in [0.15, 0.2) is 70.8 Å². The summed E-state index contributed by atoms with van der Waals surface area (Å²) in [6.07, 6.45) is -8.27. The summed E-state index contributed by atoms with van der Waals surface area (Å²) in [4.78, 5) is 54.3. The first-order chi connectivity index (χ1) is 20.5. The molecule has 4 aliphatic rings. The molecule has 6 nitrogen and oxygen atoms in total. The molecule has 1 saturated heterocycles. The number of hydrogen-bond acceptors (Lipinski definition) is 5. The maximum atomic E-state index is 14.5. The SMILES string of the molecule is CC1=CC(=O)C2=C(CC3C(=CCC4C(=O)N(c5cc(C(F)(F)F)cc(C(F)(F)F)c5)C(=O)C43)C2c2cccc(F)c2O)C1=O. The minimum absolute atomic E-state index is 0.0245. The molecular weight excluding hydrogens is 599 g/mol. The lowest BCUT2D eigenvalue weighted by molar-refractivity contribution is -0.143. The van der Waals surface area contributed by atoms with Crippen LogP contribution in [-0.4, -0.2) is 28.5 Å². The molecule has 0 aromatic heterocycles. The Balaban J connectivity index is 1.49. The van der Waals surface area contributed by atoms with Gasteiger partial charge in [-0.15, -0.1) is 0 Å². The number of nitrogens with zero attached hydrogens (tertiary/aromatic N) is 1. The number of rotatable bonds is 2. The van der Waals surface area contributed by atoms with Crippen molar-refractivity contribution >= 4 is 29.1 Å². The van der Waals surface area contributed by atoms with E-state index in [9.17, 15) is 55.0 Å². The van der Waals surface area contributed by atoms with E-state index in [4.69, 9.17) is 0 Å². The molecule has 0 radical (unpaired) electrons. The molecule has 4 atom stereocenters. The van der Waals surface area contributed by atoms with E-state index in [1.165, 1.54) is 25.1 Å². The van der Waals surface area contributed by atoms with Gasteiger partial charge in [0.15, 0.2) is 23.1 Å². The van der Waals surface area contributed by atoms with Gasteiger partial charge in [-0.05, 0) is 56.0 Å². The number of anilines is 1. The highest BCUT2D eigenvalue weighted by molar-refractivity contribution is 6.25.